The standard InChI is InChI=1S/C18H20N2O3/c1-2-3-10-20-17(22)13-6-4-5-12-15(19-9-11-21)8-7-14(16(12)13)18(20)23/h4-8,19,21H,2-3,9-11H2,1H3. The first kappa shape index (κ1) is 15.5. The normalized spacial score (nSPS) is 13.7. The average molecular weight is 312 g/mol. The largest absolute Gasteiger partial charge is 0.395 e. The van der Waals surface area contributed by atoms with Crippen LogP contribution >= 0.6 is 0 Å². The van der Waals surface area contributed by atoms with E-state index in [1.54, 1.807) is 12.1 Å². The molecular weight excluding hydrogens is 292 g/mol. The molecule has 0 spiro atoms. The van der Waals surface area contributed by atoms with Gasteiger partial charge < -0.3 is 10.4 Å². The lowest BCUT2D eigenvalue weighted by Gasteiger charge is -2.27. The molecule has 5 nitrogen and oxygen atoms in total. The maximum atomic E-state index is 12.7. The molecule has 0 fully saturated rings. The Bertz CT molecular complexity index is 748. The number of aliphatic hydroxyl groups excluding tert-OH is 1. The second-order valence-corrected chi connectivity index (χ2v) is 5.65. The summed E-state index contributed by atoms with van der Waals surface area (Å²) < 4.78 is 0. The summed E-state index contributed by atoms with van der Waals surface area (Å²) in [6.45, 7) is 2.93. The maximum absolute atomic E-state index is 12.7. The number of anilines is 1. The van der Waals surface area contributed by atoms with E-state index in [9.17, 15) is 9.59 Å². The molecule has 2 N–H and O–H groups in total. The molecule has 120 valence electrons. The molecule has 0 saturated carbocycles. The van der Waals surface area contributed by atoms with Crippen molar-refractivity contribution in [2.75, 3.05) is 25.0 Å². The van der Waals surface area contributed by atoms with Crippen LogP contribution in [0.25, 0.3) is 10.8 Å². The Labute approximate surface area is 134 Å². The van der Waals surface area contributed by atoms with Crippen molar-refractivity contribution in [3.05, 3.63) is 41.5 Å². The number of benzene rings is 2. The fourth-order valence-corrected chi connectivity index (χ4v) is 3.01. The lowest BCUT2D eigenvalue weighted by Crippen LogP contribution is -2.40. The summed E-state index contributed by atoms with van der Waals surface area (Å²) in [5.41, 5.74) is 1.96. The van der Waals surface area contributed by atoms with Crippen LogP contribution in [0.5, 0.6) is 0 Å². The predicted molar refractivity (Wildman–Crippen MR) is 89.8 cm³/mol. The van der Waals surface area contributed by atoms with Crippen molar-refractivity contribution in [2.24, 2.45) is 0 Å². The van der Waals surface area contributed by atoms with E-state index in [4.69, 9.17) is 5.11 Å². The van der Waals surface area contributed by atoms with E-state index in [1.807, 2.05) is 25.1 Å². The summed E-state index contributed by atoms with van der Waals surface area (Å²) in [6, 6.07) is 9.10. The predicted octanol–water partition coefficient (Wildman–Crippen LogP) is 2.64. The average Bonchev–Trinajstić information content (AvgIpc) is 2.58. The Kier molecular flexibility index (Phi) is 4.30. The fourth-order valence-electron chi connectivity index (χ4n) is 3.01. The topological polar surface area (TPSA) is 69.6 Å². The molecule has 23 heavy (non-hydrogen) atoms. The summed E-state index contributed by atoms with van der Waals surface area (Å²) in [5, 5.41) is 13.7. The van der Waals surface area contributed by atoms with E-state index in [0.29, 0.717) is 29.6 Å². The van der Waals surface area contributed by atoms with Gasteiger partial charge in [0.1, 0.15) is 0 Å². The van der Waals surface area contributed by atoms with Gasteiger partial charge >= 0.3 is 0 Å². The van der Waals surface area contributed by atoms with Crippen LogP contribution in [-0.2, 0) is 0 Å². The van der Waals surface area contributed by atoms with Crippen LogP contribution in [0, 0.1) is 0 Å². The molecule has 2 aromatic carbocycles. The molecule has 2 aromatic rings. The van der Waals surface area contributed by atoms with Gasteiger partial charge in [-0.1, -0.05) is 25.5 Å². The highest BCUT2D eigenvalue weighted by molar-refractivity contribution is 6.26. The Morgan fingerprint density at radius 1 is 1.09 bits per heavy atom. The van der Waals surface area contributed by atoms with Crippen LogP contribution in [0.4, 0.5) is 5.69 Å². The number of hydrogen-bond acceptors (Lipinski definition) is 4. The van der Waals surface area contributed by atoms with Gasteiger partial charge in [0.05, 0.1) is 6.61 Å². The monoisotopic (exact) mass is 312 g/mol. The van der Waals surface area contributed by atoms with Crippen LogP contribution in [-0.4, -0.2) is 41.5 Å². The Balaban J connectivity index is 2.13. The second kappa shape index (κ2) is 6.38. The summed E-state index contributed by atoms with van der Waals surface area (Å²) in [4.78, 5) is 26.7. The van der Waals surface area contributed by atoms with E-state index in [1.165, 1.54) is 4.90 Å². The number of rotatable bonds is 6. The highest BCUT2D eigenvalue weighted by Crippen LogP contribution is 2.34. The Morgan fingerprint density at radius 3 is 2.52 bits per heavy atom. The van der Waals surface area contributed by atoms with Crippen molar-refractivity contribution in [1.29, 1.82) is 0 Å². The van der Waals surface area contributed by atoms with Crippen molar-refractivity contribution in [1.82, 2.24) is 4.90 Å². The smallest absolute Gasteiger partial charge is 0.261 e. The molecule has 1 aliphatic heterocycles. The van der Waals surface area contributed by atoms with Crippen LogP contribution in [0.1, 0.15) is 40.5 Å². The molecule has 0 radical (unpaired) electrons. The van der Waals surface area contributed by atoms with Gasteiger partial charge in [-0.3, -0.25) is 14.5 Å². The highest BCUT2D eigenvalue weighted by atomic mass is 16.3. The molecule has 0 atom stereocenters. The zero-order valence-corrected chi connectivity index (χ0v) is 13.1. The third-order valence-electron chi connectivity index (χ3n) is 4.15. The number of unbranched alkanes of at least 4 members (excludes halogenated alkanes) is 1. The van der Waals surface area contributed by atoms with Gasteiger partial charge in [0.25, 0.3) is 11.8 Å². The Hall–Kier alpha value is -2.40. The van der Waals surface area contributed by atoms with Crippen molar-refractivity contribution in [3.63, 3.8) is 0 Å². The molecule has 0 saturated heterocycles. The van der Waals surface area contributed by atoms with Crippen LogP contribution in [0.3, 0.4) is 0 Å². The third kappa shape index (κ3) is 2.57. The number of nitrogens with one attached hydrogen (secondary N) is 1. The van der Waals surface area contributed by atoms with Gasteiger partial charge in [0, 0.05) is 40.7 Å². The minimum absolute atomic E-state index is 0.0194. The first-order chi connectivity index (χ1) is 11.2. The summed E-state index contributed by atoms with van der Waals surface area (Å²) in [6.07, 6.45) is 1.73. The molecular formula is C18H20N2O3. The second-order valence-electron chi connectivity index (χ2n) is 5.65. The van der Waals surface area contributed by atoms with Crippen molar-refractivity contribution < 1.29 is 14.7 Å². The van der Waals surface area contributed by atoms with Gasteiger partial charge in [-0.05, 0) is 24.6 Å². The molecule has 0 aliphatic carbocycles. The molecule has 1 heterocycles. The lowest BCUT2D eigenvalue weighted by atomic mass is 9.93. The van der Waals surface area contributed by atoms with E-state index in [0.717, 1.165) is 23.9 Å². The van der Waals surface area contributed by atoms with Gasteiger partial charge in [-0.15, -0.1) is 0 Å². The van der Waals surface area contributed by atoms with E-state index >= 15 is 0 Å². The van der Waals surface area contributed by atoms with E-state index in [-0.39, 0.29) is 18.4 Å². The highest BCUT2D eigenvalue weighted by Gasteiger charge is 2.32. The summed E-state index contributed by atoms with van der Waals surface area (Å²) >= 11 is 0. The van der Waals surface area contributed by atoms with Crippen LogP contribution in [0.2, 0.25) is 0 Å². The summed E-state index contributed by atoms with van der Waals surface area (Å²) in [5.74, 6) is -0.443. The number of imide groups is 1. The third-order valence-corrected chi connectivity index (χ3v) is 4.15. The zero-order valence-electron chi connectivity index (χ0n) is 13.1. The SMILES string of the molecule is CCCCN1C(=O)c2cccc3c(NCCO)ccc(c23)C1=O. The molecule has 5 heteroatoms. The van der Waals surface area contributed by atoms with Gasteiger partial charge in [0.2, 0.25) is 0 Å². The van der Waals surface area contributed by atoms with E-state index < -0.39 is 0 Å². The van der Waals surface area contributed by atoms with E-state index in [2.05, 4.69) is 5.32 Å². The first-order valence-corrected chi connectivity index (χ1v) is 7.95. The molecule has 0 unspecified atom stereocenters. The zero-order chi connectivity index (χ0) is 16.4. The minimum atomic E-state index is -0.221. The lowest BCUT2D eigenvalue weighted by molar-refractivity contribution is 0.0608. The number of nitrogens with zero attached hydrogens (tertiary/aromatic N) is 1. The number of hydrogen-bond donors (Lipinski definition) is 2. The number of carbonyl (C=O) groups excluding carboxylic acids is 2. The Morgan fingerprint density at radius 2 is 1.83 bits per heavy atom. The minimum Gasteiger partial charge on any atom is -0.395 e. The van der Waals surface area contributed by atoms with Crippen molar-refractivity contribution in [3.8, 4) is 0 Å². The first-order valence-electron chi connectivity index (χ1n) is 7.95. The van der Waals surface area contributed by atoms with Crippen molar-refractivity contribution >= 4 is 28.3 Å². The van der Waals surface area contributed by atoms with Crippen LogP contribution < -0.4 is 5.32 Å². The van der Waals surface area contributed by atoms with Gasteiger partial charge in [-0.2, -0.15) is 0 Å². The molecule has 1 aliphatic rings. The van der Waals surface area contributed by atoms with Gasteiger partial charge in [0.15, 0.2) is 0 Å². The fraction of sp³-hybridized carbons (Fsp3) is 0.333. The number of carbonyl (C=O) groups is 2. The van der Waals surface area contributed by atoms with Gasteiger partial charge in [-0.25, -0.2) is 0 Å². The molecule has 3 rings (SSSR count). The molecule has 0 aromatic heterocycles. The van der Waals surface area contributed by atoms with Crippen molar-refractivity contribution in [2.45, 2.75) is 19.8 Å². The summed E-state index contributed by atoms with van der Waals surface area (Å²) in [7, 11) is 0. The van der Waals surface area contributed by atoms with Crippen LogP contribution in [0.15, 0.2) is 30.3 Å². The molecule has 0 bridgehead atoms. The maximum Gasteiger partial charge on any atom is 0.261 e. The number of aliphatic hydroxyl groups is 1. The quantitative estimate of drug-likeness (QED) is 0.805. The molecule has 2 amide bonds. The number of amides is 2.